The molecule has 1 fully saturated rings. The zero-order valence-electron chi connectivity index (χ0n) is 18.4. The molecule has 2 aromatic carbocycles. The second-order valence-electron chi connectivity index (χ2n) is 8.33. The van der Waals surface area contributed by atoms with E-state index in [2.05, 4.69) is 34.5 Å². The van der Waals surface area contributed by atoms with E-state index < -0.39 is 0 Å². The van der Waals surface area contributed by atoms with E-state index in [0.717, 1.165) is 29.8 Å². The lowest BCUT2D eigenvalue weighted by atomic mass is 10.0. The summed E-state index contributed by atoms with van der Waals surface area (Å²) >= 11 is 0. The molecular weight excluding hydrogens is 374 g/mol. The van der Waals surface area contributed by atoms with Crippen LogP contribution in [0.3, 0.4) is 0 Å². The highest BCUT2D eigenvalue weighted by Gasteiger charge is 2.20. The third kappa shape index (κ3) is 6.09. The molecule has 1 heterocycles. The summed E-state index contributed by atoms with van der Waals surface area (Å²) in [6, 6.07) is 16.2. The minimum atomic E-state index is -0.320. The minimum Gasteiger partial charge on any atom is -0.372 e. The summed E-state index contributed by atoms with van der Waals surface area (Å²) in [5.41, 5.74) is 4.47. The highest BCUT2D eigenvalue weighted by Crippen LogP contribution is 2.22. The average Bonchev–Trinajstić information content (AvgIpc) is 2.74. The van der Waals surface area contributed by atoms with Crippen LogP contribution in [-0.4, -0.2) is 36.9 Å². The Morgan fingerprint density at radius 1 is 1.00 bits per heavy atom. The van der Waals surface area contributed by atoms with Gasteiger partial charge >= 0.3 is 0 Å². The van der Waals surface area contributed by atoms with Crippen molar-refractivity contribution in [3.05, 3.63) is 65.2 Å². The maximum Gasteiger partial charge on any atom is 0.225 e. The van der Waals surface area contributed by atoms with Gasteiger partial charge < -0.3 is 15.1 Å². The number of benzene rings is 2. The summed E-state index contributed by atoms with van der Waals surface area (Å²) in [5, 5.41) is 2.92. The smallest absolute Gasteiger partial charge is 0.225 e. The summed E-state index contributed by atoms with van der Waals surface area (Å²) in [4.78, 5) is 28.7. The van der Waals surface area contributed by atoms with Crippen LogP contribution in [0.5, 0.6) is 0 Å². The number of carbonyl (C=O) groups excluding carboxylic acids is 2. The molecule has 1 unspecified atom stereocenters. The molecule has 2 aromatic rings. The van der Waals surface area contributed by atoms with Gasteiger partial charge in [0.25, 0.3) is 0 Å². The molecule has 160 valence electrons. The third-order valence-electron chi connectivity index (χ3n) is 5.74. The van der Waals surface area contributed by atoms with Crippen LogP contribution in [0.1, 0.15) is 55.3 Å². The van der Waals surface area contributed by atoms with Gasteiger partial charge in [0.15, 0.2) is 0 Å². The molecule has 2 amide bonds. The Morgan fingerprint density at radius 3 is 2.23 bits per heavy atom. The molecule has 30 heavy (non-hydrogen) atoms. The van der Waals surface area contributed by atoms with Crippen molar-refractivity contribution in [3.63, 3.8) is 0 Å². The molecule has 0 saturated carbocycles. The van der Waals surface area contributed by atoms with Gasteiger partial charge in [-0.1, -0.05) is 42.0 Å². The second-order valence-corrected chi connectivity index (χ2v) is 8.33. The van der Waals surface area contributed by atoms with Crippen LogP contribution in [0.2, 0.25) is 0 Å². The fourth-order valence-corrected chi connectivity index (χ4v) is 3.95. The number of carbonyl (C=O) groups is 2. The SMILES string of the molecule is CC(=O)NC(CC(=O)N(C)Cc1ccc(N2CCCCC2)cc1)c1ccc(C)cc1. The van der Waals surface area contributed by atoms with E-state index >= 15 is 0 Å². The predicted octanol–water partition coefficient (Wildman–Crippen LogP) is 4.21. The molecular formula is C25H33N3O2. The van der Waals surface area contributed by atoms with Crippen molar-refractivity contribution in [2.24, 2.45) is 0 Å². The monoisotopic (exact) mass is 407 g/mol. The lowest BCUT2D eigenvalue weighted by molar-refractivity contribution is -0.131. The van der Waals surface area contributed by atoms with E-state index in [-0.39, 0.29) is 24.3 Å². The first kappa shape index (κ1) is 21.9. The summed E-state index contributed by atoms with van der Waals surface area (Å²) in [7, 11) is 1.82. The molecule has 0 aromatic heterocycles. The number of aryl methyl sites for hydroxylation is 1. The quantitative estimate of drug-likeness (QED) is 0.748. The number of nitrogens with zero attached hydrogens (tertiary/aromatic N) is 2. The molecule has 0 bridgehead atoms. The highest BCUT2D eigenvalue weighted by molar-refractivity contribution is 5.79. The lowest BCUT2D eigenvalue weighted by Crippen LogP contribution is -2.33. The Labute approximate surface area is 180 Å². The van der Waals surface area contributed by atoms with E-state index in [1.165, 1.54) is 31.9 Å². The van der Waals surface area contributed by atoms with Crippen molar-refractivity contribution in [3.8, 4) is 0 Å². The first-order valence-corrected chi connectivity index (χ1v) is 10.8. The fourth-order valence-electron chi connectivity index (χ4n) is 3.95. The predicted molar refractivity (Wildman–Crippen MR) is 121 cm³/mol. The van der Waals surface area contributed by atoms with Crippen LogP contribution >= 0.6 is 0 Å². The van der Waals surface area contributed by atoms with E-state index in [1.807, 2.05) is 38.2 Å². The number of rotatable bonds is 7. The van der Waals surface area contributed by atoms with Gasteiger partial charge in [0.05, 0.1) is 12.5 Å². The maximum absolute atomic E-state index is 12.9. The van der Waals surface area contributed by atoms with E-state index in [1.54, 1.807) is 4.90 Å². The topological polar surface area (TPSA) is 52.7 Å². The van der Waals surface area contributed by atoms with Crippen LogP contribution in [0.4, 0.5) is 5.69 Å². The van der Waals surface area contributed by atoms with Crippen molar-refractivity contribution in [2.45, 2.75) is 52.1 Å². The number of piperidine rings is 1. The van der Waals surface area contributed by atoms with Crippen LogP contribution in [-0.2, 0) is 16.1 Å². The second kappa shape index (κ2) is 10.3. The normalized spacial score (nSPS) is 14.8. The van der Waals surface area contributed by atoms with Crippen LogP contribution in [0, 0.1) is 6.92 Å². The maximum atomic E-state index is 12.9. The Bertz CT molecular complexity index is 840. The van der Waals surface area contributed by atoms with Gasteiger partial charge in [-0.25, -0.2) is 0 Å². The van der Waals surface area contributed by atoms with Crippen molar-refractivity contribution < 1.29 is 9.59 Å². The van der Waals surface area contributed by atoms with Crippen molar-refractivity contribution in [1.82, 2.24) is 10.2 Å². The molecule has 1 atom stereocenters. The largest absolute Gasteiger partial charge is 0.372 e. The number of nitrogens with one attached hydrogen (secondary N) is 1. The Kier molecular flexibility index (Phi) is 7.50. The van der Waals surface area contributed by atoms with Crippen molar-refractivity contribution in [2.75, 3.05) is 25.0 Å². The van der Waals surface area contributed by atoms with Gasteiger partial charge in [-0.05, 0) is 49.4 Å². The standard InChI is InChI=1S/C25H33N3O2/c1-19-7-11-22(12-8-19)24(26-20(2)29)17-25(30)27(3)18-21-9-13-23(14-10-21)28-15-5-4-6-16-28/h7-14,24H,4-6,15-18H2,1-3H3,(H,26,29). The highest BCUT2D eigenvalue weighted by atomic mass is 16.2. The van der Waals surface area contributed by atoms with Crippen LogP contribution in [0.25, 0.3) is 0 Å². The molecule has 5 heteroatoms. The first-order valence-electron chi connectivity index (χ1n) is 10.8. The zero-order chi connectivity index (χ0) is 21.5. The molecule has 0 spiro atoms. The number of hydrogen-bond donors (Lipinski definition) is 1. The van der Waals surface area contributed by atoms with Crippen LogP contribution in [0.15, 0.2) is 48.5 Å². The average molecular weight is 408 g/mol. The van der Waals surface area contributed by atoms with E-state index in [4.69, 9.17) is 0 Å². The summed E-state index contributed by atoms with van der Waals surface area (Å²) < 4.78 is 0. The lowest BCUT2D eigenvalue weighted by Gasteiger charge is -2.29. The Hall–Kier alpha value is -2.82. The zero-order valence-corrected chi connectivity index (χ0v) is 18.4. The fraction of sp³-hybridized carbons (Fsp3) is 0.440. The van der Waals surface area contributed by atoms with Crippen LogP contribution < -0.4 is 10.2 Å². The number of amides is 2. The summed E-state index contributed by atoms with van der Waals surface area (Å²) in [6.45, 7) is 6.31. The third-order valence-corrected chi connectivity index (χ3v) is 5.74. The summed E-state index contributed by atoms with van der Waals surface area (Å²) in [5.74, 6) is -0.126. The molecule has 1 saturated heterocycles. The molecule has 1 aliphatic heterocycles. The minimum absolute atomic E-state index is 0.00873. The Morgan fingerprint density at radius 2 is 1.63 bits per heavy atom. The first-order chi connectivity index (χ1) is 14.4. The van der Waals surface area contributed by atoms with Crippen molar-refractivity contribution in [1.29, 1.82) is 0 Å². The Balaban J connectivity index is 1.60. The van der Waals surface area contributed by atoms with Gasteiger partial charge in [-0.2, -0.15) is 0 Å². The van der Waals surface area contributed by atoms with Gasteiger partial charge in [0.2, 0.25) is 11.8 Å². The van der Waals surface area contributed by atoms with Gasteiger partial charge in [-0.3, -0.25) is 9.59 Å². The van der Waals surface area contributed by atoms with Gasteiger partial charge in [-0.15, -0.1) is 0 Å². The van der Waals surface area contributed by atoms with Gasteiger partial charge in [0.1, 0.15) is 0 Å². The number of anilines is 1. The molecule has 0 radical (unpaired) electrons. The molecule has 0 aliphatic carbocycles. The van der Waals surface area contributed by atoms with E-state index in [0.29, 0.717) is 6.54 Å². The van der Waals surface area contributed by atoms with E-state index in [9.17, 15) is 9.59 Å². The van der Waals surface area contributed by atoms with Crippen molar-refractivity contribution >= 4 is 17.5 Å². The molecule has 3 rings (SSSR count). The van der Waals surface area contributed by atoms with Gasteiger partial charge in [0, 0.05) is 39.3 Å². The molecule has 5 nitrogen and oxygen atoms in total. The molecule has 1 N–H and O–H groups in total. The number of hydrogen-bond acceptors (Lipinski definition) is 3. The summed E-state index contributed by atoms with van der Waals surface area (Å²) in [6.07, 6.45) is 4.08. The molecule has 1 aliphatic rings.